The number of aryl methyl sites for hydroxylation is 1. The van der Waals surface area contributed by atoms with E-state index in [2.05, 4.69) is 0 Å². The first kappa shape index (κ1) is 12.8. The van der Waals surface area contributed by atoms with Crippen LogP contribution in [0.25, 0.3) is 0 Å². The summed E-state index contributed by atoms with van der Waals surface area (Å²) in [6.45, 7) is 1.78. The Kier molecular flexibility index (Phi) is 4.13. The highest BCUT2D eigenvalue weighted by molar-refractivity contribution is 6.31. The number of halogens is 1. The van der Waals surface area contributed by atoms with Crippen molar-refractivity contribution in [3.05, 3.63) is 28.3 Å². The molecule has 86 valence electrons. The molecule has 0 spiro atoms. The maximum Gasteiger partial charge on any atom is 0.107 e. The molecule has 1 aromatic carbocycles. The smallest absolute Gasteiger partial charge is 0.107 e. The summed E-state index contributed by atoms with van der Waals surface area (Å²) in [7, 11) is 0. The van der Waals surface area contributed by atoms with Crippen molar-refractivity contribution in [2.45, 2.75) is 25.6 Å². The van der Waals surface area contributed by atoms with Crippen molar-refractivity contribution < 1.29 is 10.2 Å². The number of nitriles is 1. The molecule has 0 aliphatic heterocycles. The van der Waals surface area contributed by atoms with Crippen LogP contribution >= 0.6 is 11.6 Å². The number of hydrogen-bond acceptors (Lipinski definition) is 4. The third-order valence-corrected chi connectivity index (χ3v) is 2.70. The number of nitrogens with two attached hydrogens (primary N) is 1. The Labute approximate surface area is 98.9 Å². The Morgan fingerprint density at radius 3 is 2.69 bits per heavy atom. The quantitative estimate of drug-likeness (QED) is 0.699. The molecule has 0 saturated carbocycles. The number of hydrogen-bond donors (Lipinski definition) is 3. The lowest BCUT2D eigenvalue weighted by atomic mass is 10.00. The molecule has 0 amide bonds. The number of rotatable bonds is 3. The first-order chi connectivity index (χ1) is 7.47. The fraction of sp³-hybridized carbons (Fsp3) is 0.364. The highest BCUT2D eigenvalue weighted by Gasteiger charge is 2.21. The first-order valence-corrected chi connectivity index (χ1v) is 5.13. The van der Waals surface area contributed by atoms with Gasteiger partial charge in [0.2, 0.25) is 0 Å². The van der Waals surface area contributed by atoms with Crippen LogP contribution in [0.5, 0.6) is 0 Å². The van der Waals surface area contributed by atoms with Crippen molar-refractivity contribution in [3.63, 3.8) is 0 Å². The standard InChI is InChI=1S/C11H13ClN2O2/c1-6-4-7(8(12)5-9(6)14)11(16)10(15)2-3-13/h4-5,10-11,15-16H,2,14H2,1H3. The molecule has 1 aromatic rings. The van der Waals surface area contributed by atoms with Crippen LogP contribution in [0.15, 0.2) is 12.1 Å². The van der Waals surface area contributed by atoms with E-state index >= 15 is 0 Å². The lowest BCUT2D eigenvalue weighted by molar-refractivity contribution is 0.0217. The molecule has 0 aliphatic rings. The van der Waals surface area contributed by atoms with Gasteiger partial charge in [0.15, 0.2) is 0 Å². The molecule has 2 unspecified atom stereocenters. The van der Waals surface area contributed by atoms with E-state index in [4.69, 9.17) is 22.6 Å². The first-order valence-electron chi connectivity index (χ1n) is 4.76. The van der Waals surface area contributed by atoms with E-state index in [0.717, 1.165) is 5.56 Å². The molecule has 4 nitrogen and oxygen atoms in total. The summed E-state index contributed by atoms with van der Waals surface area (Å²) < 4.78 is 0. The van der Waals surface area contributed by atoms with Gasteiger partial charge in [-0.25, -0.2) is 0 Å². The van der Waals surface area contributed by atoms with E-state index in [9.17, 15) is 10.2 Å². The monoisotopic (exact) mass is 240 g/mol. The van der Waals surface area contributed by atoms with Gasteiger partial charge < -0.3 is 15.9 Å². The Balaban J connectivity index is 3.04. The predicted octanol–water partition coefficient (Wildman–Crippen LogP) is 1.54. The third-order valence-electron chi connectivity index (χ3n) is 2.37. The zero-order chi connectivity index (χ0) is 12.3. The number of aliphatic hydroxyl groups is 2. The van der Waals surface area contributed by atoms with Gasteiger partial charge in [-0.05, 0) is 24.6 Å². The van der Waals surface area contributed by atoms with Crippen LogP contribution in [0.3, 0.4) is 0 Å². The molecule has 0 bridgehead atoms. The fourth-order valence-corrected chi connectivity index (χ4v) is 1.64. The summed E-state index contributed by atoms with van der Waals surface area (Å²) >= 11 is 5.91. The molecular formula is C11H13ClN2O2. The molecule has 16 heavy (non-hydrogen) atoms. The minimum Gasteiger partial charge on any atom is -0.398 e. The van der Waals surface area contributed by atoms with Crippen LogP contribution in [0.4, 0.5) is 5.69 Å². The molecule has 2 atom stereocenters. The number of anilines is 1. The Morgan fingerprint density at radius 2 is 2.12 bits per heavy atom. The molecule has 4 N–H and O–H groups in total. The maximum absolute atomic E-state index is 9.79. The molecule has 0 aromatic heterocycles. The van der Waals surface area contributed by atoms with Gasteiger partial charge in [-0.1, -0.05) is 11.6 Å². The molecule has 0 radical (unpaired) electrons. The molecule has 0 heterocycles. The molecular weight excluding hydrogens is 228 g/mol. The van der Waals surface area contributed by atoms with Crippen molar-refractivity contribution in [2.24, 2.45) is 0 Å². The van der Waals surface area contributed by atoms with Crippen LogP contribution in [0.2, 0.25) is 5.02 Å². The van der Waals surface area contributed by atoms with Crippen molar-refractivity contribution >= 4 is 17.3 Å². The highest BCUT2D eigenvalue weighted by atomic mass is 35.5. The van der Waals surface area contributed by atoms with Gasteiger partial charge in [-0.15, -0.1) is 0 Å². The third kappa shape index (κ3) is 2.64. The van der Waals surface area contributed by atoms with E-state index in [1.165, 1.54) is 6.07 Å². The van der Waals surface area contributed by atoms with Crippen molar-refractivity contribution in [3.8, 4) is 6.07 Å². The fourth-order valence-electron chi connectivity index (χ4n) is 1.36. The Bertz CT molecular complexity index is 429. The molecule has 0 aliphatic carbocycles. The summed E-state index contributed by atoms with van der Waals surface area (Å²) in [6.07, 6.45) is -2.47. The van der Waals surface area contributed by atoms with Gasteiger partial charge in [0.05, 0.1) is 18.6 Å². The number of aliphatic hydroxyl groups excluding tert-OH is 2. The summed E-state index contributed by atoms with van der Waals surface area (Å²) in [4.78, 5) is 0. The van der Waals surface area contributed by atoms with E-state index in [0.29, 0.717) is 11.3 Å². The Morgan fingerprint density at radius 1 is 1.50 bits per heavy atom. The van der Waals surface area contributed by atoms with Crippen molar-refractivity contribution in [1.82, 2.24) is 0 Å². The average Bonchev–Trinajstić information content (AvgIpc) is 2.23. The SMILES string of the molecule is Cc1cc(C(O)C(O)CC#N)c(Cl)cc1N. The van der Waals surface area contributed by atoms with Gasteiger partial charge in [-0.3, -0.25) is 0 Å². The number of nitrogens with zero attached hydrogens (tertiary/aromatic N) is 1. The van der Waals surface area contributed by atoms with Crippen LogP contribution in [-0.4, -0.2) is 16.3 Å². The Hall–Kier alpha value is -1.28. The summed E-state index contributed by atoms with van der Waals surface area (Å²) in [6, 6.07) is 4.92. The van der Waals surface area contributed by atoms with E-state index in [1.54, 1.807) is 19.1 Å². The largest absolute Gasteiger partial charge is 0.398 e. The van der Waals surface area contributed by atoms with Gasteiger partial charge >= 0.3 is 0 Å². The van der Waals surface area contributed by atoms with Gasteiger partial charge in [0.25, 0.3) is 0 Å². The van der Waals surface area contributed by atoms with Gasteiger partial charge in [-0.2, -0.15) is 5.26 Å². The van der Waals surface area contributed by atoms with Crippen LogP contribution in [-0.2, 0) is 0 Å². The summed E-state index contributed by atoms with van der Waals surface area (Å²) in [5.74, 6) is 0. The predicted molar refractivity (Wildman–Crippen MR) is 61.8 cm³/mol. The van der Waals surface area contributed by atoms with E-state index in [-0.39, 0.29) is 11.4 Å². The van der Waals surface area contributed by atoms with Crippen LogP contribution < -0.4 is 5.73 Å². The lowest BCUT2D eigenvalue weighted by Crippen LogP contribution is -2.18. The second-order valence-corrected chi connectivity index (χ2v) is 4.01. The molecule has 0 fully saturated rings. The second kappa shape index (κ2) is 5.17. The zero-order valence-corrected chi connectivity index (χ0v) is 9.57. The molecule has 1 rings (SSSR count). The summed E-state index contributed by atoms with van der Waals surface area (Å²) in [5.41, 5.74) is 7.32. The maximum atomic E-state index is 9.79. The van der Waals surface area contributed by atoms with Crippen LogP contribution in [0, 0.1) is 18.3 Å². The number of nitrogen functional groups attached to an aromatic ring is 1. The van der Waals surface area contributed by atoms with E-state index < -0.39 is 12.2 Å². The normalized spacial score (nSPS) is 14.2. The second-order valence-electron chi connectivity index (χ2n) is 3.60. The zero-order valence-electron chi connectivity index (χ0n) is 8.81. The molecule has 5 heteroatoms. The topological polar surface area (TPSA) is 90.3 Å². The minimum absolute atomic E-state index is 0.152. The van der Waals surface area contributed by atoms with Crippen molar-refractivity contribution in [1.29, 1.82) is 5.26 Å². The van der Waals surface area contributed by atoms with Gasteiger partial charge in [0, 0.05) is 16.3 Å². The number of benzene rings is 1. The minimum atomic E-state index is -1.17. The molecule has 0 saturated heterocycles. The summed E-state index contributed by atoms with van der Waals surface area (Å²) in [5, 5.41) is 28.0. The highest BCUT2D eigenvalue weighted by Crippen LogP contribution is 2.30. The van der Waals surface area contributed by atoms with Gasteiger partial charge in [0.1, 0.15) is 6.10 Å². The van der Waals surface area contributed by atoms with Crippen molar-refractivity contribution in [2.75, 3.05) is 5.73 Å². The lowest BCUT2D eigenvalue weighted by Gasteiger charge is -2.18. The van der Waals surface area contributed by atoms with Crippen LogP contribution in [0.1, 0.15) is 23.7 Å². The van der Waals surface area contributed by atoms with E-state index in [1.807, 2.05) is 0 Å². The average molecular weight is 241 g/mol.